The fraction of sp³-hybridized carbons (Fsp3) is 0.333. The predicted molar refractivity (Wildman–Crippen MR) is 96.7 cm³/mol. The van der Waals surface area contributed by atoms with E-state index >= 15 is 0 Å². The zero-order valence-corrected chi connectivity index (χ0v) is 15.0. The van der Waals surface area contributed by atoms with Crippen LogP contribution in [0.25, 0.3) is 0 Å². The van der Waals surface area contributed by atoms with Gasteiger partial charge in [-0.1, -0.05) is 0 Å². The first kappa shape index (κ1) is 19.9. The van der Waals surface area contributed by atoms with Crippen molar-refractivity contribution in [2.45, 2.75) is 13.0 Å². The molecular formula is C18H21ClFN3O3. The molecule has 8 heteroatoms. The van der Waals surface area contributed by atoms with Crippen molar-refractivity contribution in [3.05, 3.63) is 59.3 Å². The molecule has 2 amide bonds. The average molecular weight is 382 g/mol. The smallest absolute Gasteiger partial charge is 0.257 e. The van der Waals surface area contributed by atoms with Gasteiger partial charge in [0.2, 0.25) is 0 Å². The van der Waals surface area contributed by atoms with Crippen molar-refractivity contribution in [2.75, 3.05) is 26.2 Å². The standard InChI is InChI=1S/C18H20FN3O3.ClH/c19-15-4-2-13(3-5-15)17(23)21-6-1-7-22(9-8-21)18(24)14-10-16(11-20)25-12-14;/h2-5,10,12H,1,6-9,11,20H2;1H. The number of rotatable bonds is 3. The highest BCUT2D eigenvalue weighted by Gasteiger charge is 2.24. The fourth-order valence-electron chi connectivity index (χ4n) is 2.88. The molecule has 0 spiro atoms. The minimum Gasteiger partial charge on any atom is -0.467 e. The molecule has 0 saturated carbocycles. The van der Waals surface area contributed by atoms with Crippen molar-refractivity contribution < 1.29 is 18.4 Å². The highest BCUT2D eigenvalue weighted by molar-refractivity contribution is 5.95. The van der Waals surface area contributed by atoms with Crippen LogP contribution >= 0.6 is 12.4 Å². The third-order valence-electron chi connectivity index (χ3n) is 4.26. The molecule has 0 atom stereocenters. The van der Waals surface area contributed by atoms with Gasteiger partial charge in [-0.2, -0.15) is 0 Å². The fourth-order valence-corrected chi connectivity index (χ4v) is 2.88. The molecule has 2 heterocycles. The Morgan fingerprint density at radius 1 is 1.00 bits per heavy atom. The van der Waals surface area contributed by atoms with Gasteiger partial charge in [-0.3, -0.25) is 9.59 Å². The summed E-state index contributed by atoms with van der Waals surface area (Å²) >= 11 is 0. The van der Waals surface area contributed by atoms with E-state index in [-0.39, 0.29) is 36.6 Å². The quantitative estimate of drug-likeness (QED) is 0.884. The normalized spacial score (nSPS) is 14.5. The highest BCUT2D eigenvalue weighted by atomic mass is 35.5. The molecule has 1 aliphatic heterocycles. The Morgan fingerprint density at radius 3 is 2.12 bits per heavy atom. The zero-order valence-electron chi connectivity index (χ0n) is 14.2. The van der Waals surface area contributed by atoms with E-state index in [2.05, 4.69) is 0 Å². The van der Waals surface area contributed by atoms with Crippen LogP contribution in [0.15, 0.2) is 41.0 Å². The van der Waals surface area contributed by atoms with E-state index in [1.807, 2.05) is 0 Å². The molecule has 1 saturated heterocycles. The van der Waals surface area contributed by atoms with Crippen LogP contribution in [0, 0.1) is 5.82 Å². The lowest BCUT2D eigenvalue weighted by molar-refractivity contribution is 0.0718. The van der Waals surface area contributed by atoms with Gasteiger partial charge in [-0.25, -0.2) is 4.39 Å². The monoisotopic (exact) mass is 381 g/mol. The number of amides is 2. The van der Waals surface area contributed by atoms with Crippen LogP contribution in [0.1, 0.15) is 32.9 Å². The van der Waals surface area contributed by atoms with Crippen molar-refractivity contribution in [1.29, 1.82) is 0 Å². The number of benzene rings is 1. The lowest BCUT2D eigenvalue weighted by Gasteiger charge is -2.22. The molecule has 0 radical (unpaired) electrons. The molecule has 0 unspecified atom stereocenters. The first-order chi connectivity index (χ1) is 12.1. The van der Waals surface area contributed by atoms with Crippen molar-refractivity contribution in [1.82, 2.24) is 9.80 Å². The van der Waals surface area contributed by atoms with E-state index in [1.165, 1.54) is 30.5 Å². The Morgan fingerprint density at radius 2 is 1.58 bits per heavy atom. The topological polar surface area (TPSA) is 79.8 Å². The molecule has 2 N–H and O–H groups in total. The van der Waals surface area contributed by atoms with Crippen molar-refractivity contribution in [3.8, 4) is 0 Å². The Hall–Kier alpha value is -2.38. The number of hydrogen-bond donors (Lipinski definition) is 1. The summed E-state index contributed by atoms with van der Waals surface area (Å²) in [6, 6.07) is 7.15. The summed E-state index contributed by atoms with van der Waals surface area (Å²) in [4.78, 5) is 28.5. The van der Waals surface area contributed by atoms with Crippen LogP contribution in [-0.2, 0) is 6.54 Å². The van der Waals surface area contributed by atoms with Crippen LogP contribution in [-0.4, -0.2) is 47.8 Å². The molecule has 1 fully saturated rings. The first-order valence-electron chi connectivity index (χ1n) is 8.20. The highest BCUT2D eigenvalue weighted by Crippen LogP contribution is 2.14. The third kappa shape index (κ3) is 4.42. The van der Waals surface area contributed by atoms with Gasteiger partial charge in [0.15, 0.2) is 0 Å². The zero-order chi connectivity index (χ0) is 17.8. The second-order valence-corrected chi connectivity index (χ2v) is 5.95. The van der Waals surface area contributed by atoms with E-state index in [4.69, 9.17) is 10.2 Å². The maximum Gasteiger partial charge on any atom is 0.257 e. The molecule has 0 aliphatic carbocycles. The van der Waals surface area contributed by atoms with Gasteiger partial charge in [0.05, 0.1) is 12.1 Å². The Labute approximate surface area is 157 Å². The van der Waals surface area contributed by atoms with Gasteiger partial charge in [0.25, 0.3) is 11.8 Å². The third-order valence-corrected chi connectivity index (χ3v) is 4.26. The summed E-state index contributed by atoms with van der Waals surface area (Å²) in [5.74, 6) is -0.0880. The summed E-state index contributed by atoms with van der Waals surface area (Å²) in [5.41, 5.74) is 6.42. The summed E-state index contributed by atoms with van der Waals surface area (Å²) in [7, 11) is 0. The molecule has 0 bridgehead atoms. The molecule has 1 aliphatic rings. The minimum absolute atomic E-state index is 0. The summed E-state index contributed by atoms with van der Waals surface area (Å²) in [5, 5.41) is 0. The van der Waals surface area contributed by atoms with Gasteiger partial charge >= 0.3 is 0 Å². The molecule has 1 aromatic heterocycles. The summed E-state index contributed by atoms with van der Waals surface area (Å²) in [6.07, 6.45) is 2.09. The Kier molecular flexibility index (Phi) is 6.76. The number of furan rings is 1. The van der Waals surface area contributed by atoms with Crippen LogP contribution in [0.4, 0.5) is 4.39 Å². The summed E-state index contributed by atoms with van der Waals surface area (Å²) < 4.78 is 18.2. The second-order valence-electron chi connectivity index (χ2n) is 5.95. The van der Waals surface area contributed by atoms with Crippen molar-refractivity contribution >= 4 is 24.2 Å². The van der Waals surface area contributed by atoms with Crippen LogP contribution in [0.2, 0.25) is 0 Å². The Bertz CT molecular complexity index is 763. The summed E-state index contributed by atoms with van der Waals surface area (Å²) in [6.45, 7) is 2.24. The number of nitrogens with two attached hydrogens (primary N) is 1. The van der Waals surface area contributed by atoms with Gasteiger partial charge in [-0.15, -0.1) is 12.4 Å². The first-order valence-corrected chi connectivity index (χ1v) is 8.20. The lowest BCUT2D eigenvalue weighted by atomic mass is 10.2. The predicted octanol–water partition coefficient (Wildman–Crippen LogP) is 2.29. The molecular weight excluding hydrogens is 361 g/mol. The largest absolute Gasteiger partial charge is 0.467 e. The molecule has 6 nitrogen and oxygen atoms in total. The van der Waals surface area contributed by atoms with Crippen molar-refractivity contribution in [3.63, 3.8) is 0 Å². The van der Waals surface area contributed by atoms with Gasteiger partial charge in [0.1, 0.15) is 17.8 Å². The molecule has 1 aromatic carbocycles. The number of carbonyl (C=O) groups is 2. The van der Waals surface area contributed by atoms with Crippen LogP contribution in [0.5, 0.6) is 0 Å². The number of hydrogen-bond acceptors (Lipinski definition) is 4. The van der Waals surface area contributed by atoms with Crippen LogP contribution in [0.3, 0.4) is 0 Å². The van der Waals surface area contributed by atoms with E-state index in [0.29, 0.717) is 49.5 Å². The number of halogens is 2. The van der Waals surface area contributed by atoms with E-state index in [1.54, 1.807) is 15.9 Å². The van der Waals surface area contributed by atoms with E-state index in [0.717, 1.165) is 0 Å². The maximum absolute atomic E-state index is 13.0. The minimum atomic E-state index is -0.374. The molecule has 140 valence electrons. The van der Waals surface area contributed by atoms with E-state index < -0.39 is 0 Å². The number of carbonyl (C=O) groups excluding carboxylic acids is 2. The van der Waals surface area contributed by atoms with Gasteiger partial charge in [0, 0.05) is 31.7 Å². The number of nitrogens with zero attached hydrogens (tertiary/aromatic N) is 2. The maximum atomic E-state index is 13.0. The van der Waals surface area contributed by atoms with Crippen LogP contribution < -0.4 is 5.73 Å². The molecule has 3 rings (SSSR count). The second kappa shape index (κ2) is 8.82. The Balaban J connectivity index is 0.00000243. The van der Waals surface area contributed by atoms with Crippen molar-refractivity contribution in [2.24, 2.45) is 5.73 Å². The van der Waals surface area contributed by atoms with Gasteiger partial charge < -0.3 is 20.0 Å². The molecule has 26 heavy (non-hydrogen) atoms. The average Bonchev–Trinajstić information content (AvgIpc) is 2.98. The van der Waals surface area contributed by atoms with Gasteiger partial charge in [-0.05, 0) is 36.8 Å². The molecule has 2 aromatic rings. The SMILES string of the molecule is Cl.NCc1cc(C(=O)N2CCCN(C(=O)c3ccc(F)cc3)CC2)co1. The lowest BCUT2D eigenvalue weighted by Crippen LogP contribution is -2.37. The van der Waals surface area contributed by atoms with E-state index in [9.17, 15) is 14.0 Å².